The lowest BCUT2D eigenvalue weighted by Crippen LogP contribution is -2.53. The quantitative estimate of drug-likeness (QED) is 0.305. The highest BCUT2D eigenvalue weighted by Crippen LogP contribution is 2.31. The van der Waals surface area contributed by atoms with Crippen molar-refractivity contribution in [1.29, 1.82) is 0 Å². The number of nitrogens with zero attached hydrogens (tertiary/aromatic N) is 5. The molecule has 40 heavy (non-hydrogen) atoms. The van der Waals surface area contributed by atoms with Gasteiger partial charge < -0.3 is 9.80 Å². The number of hydrogen-bond donors (Lipinski definition) is 0. The Morgan fingerprint density at radius 2 is 1.52 bits per heavy atom. The van der Waals surface area contributed by atoms with E-state index >= 15 is 0 Å². The summed E-state index contributed by atoms with van der Waals surface area (Å²) in [5.74, 6) is 0.732. The number of carbonyl (C=O) groups excluding carboxylic acids is 1. The van der Waals surface area contributed by atoms with Crippen LogP contribution in [0.3, 0.4) is 0 Å². The average Bonchev–Trinajstić information content (AvgIpc) is 3.48. The SMILES string of the molecule is O=C(C1CCCN(c2nc(Cc3ccc(F)cc3)ns2)C1)N1CCN(C(c2ccccc2)c2ccccc2)CC1. The third-order valence-electron chi connectivity index (χ3n) is 8.00. The van der Waals surface area contributed by atoms with Crippen LogP contribution >= 0.6 is 11.5 Å². The number of hydrogen-bond acceptors (Lipinski definition) is 6. The van der Waals surface area contributed by atoms with E-state index in [9.17, 15) is 9.18 Å². The number of carbonyl (C=O) groups is 1. The Balaban J connectivity index is 1.07. The molecule has 1 aromatic heterocycles. The predicted octanol–water partition coefficient (Wildman–Crippen LogP) is 5.42. The molecule has 4 aromatic rings. The number of piperidine rings is 1. The van der Waals surface area contributed by atoms with Gasteiger partial charge in [-0.2, -0.15) is 4.37 Å². The summed E-state index contributed by atoms with van der Waals surface area (Å²) in [5.41, 5.74) is 3.55. The first-order valence-corrected chi connectivity index (χ1v) is 14.9. The van der Waals surface area contributed by atoms with Crippen LogP contribution in [0.15, 0.2) is 84.9 Å². The first-order chi connectivity index (χ1) is 19.6. The lowest BCUT2D eigenvalue weighted by molar-refractivity contribution is -0.137. The Morgan fingerprint density at radius 1 is 0.875 bits per heavy atom. The van der Waals surface area contributed by atoms with Crippen LogP contribution in [0, 0.1) is 11.7 Å². The minimum atomic E-state index is -0.242. The monoisotopic (exact) mass is 555 g/mol. The summed E-state index contributed by atoms with van der Waals surface area (Å²) in [6.45, 7) is 4.75. The molecule has 206 valence electrons. The summed E-state index contributed by atoms with van der Waals surface area (Å²) in [7, 11) is 0. The maximum absolute atomic E-state index is 13.6. The minimum absolute atomic E-state index is 0.0243. The summed E-state index contributed by atoms with van der Waals surface area (Å²) in [5, 5.41) is 0.869. The number of anilines is 1. The van der Waals surface area contributed by atoms with E-state index in [1.165, 1.54) is 34.8 Å². The molecule has 0 radical (unpaired) electrons. The maximum Gasteiger partial charge on any atom is 0.227 e. The fourth-order valence-electron chi connectivity index (χ4n) is 5.93. The van der Waals surface area contributed by atoms with Crippen LogP contribution in [0.2, 0.25) is 0 Å². The summed E-state index contributed by atoms with van der Waals surface area (Å²) in [6.07, 6.45) is 2.45. The maximum atomic E-state index is 13.6. The second-order valence-corrected chi connectivity index (χ2v) is 11.4. The third kappa shape index (κ3) is 6.08. The molecule has 2 aliphatic rings. The Labute approximate surface area is 239 Å². The summed E-state index contributed by atoms with van der Waals surface area (Å²) in [6, 6.07) is 28.0. The van der Waals surface area contributed by atoms with Gasteiger partial charge >= 0.3 is 0 Å². The van der Waals surface area contributed by atoms with Gasteiger partial charge in [-0.3, -0.25) is 9.69 Å². The van der Waals surface area contributed by atoms with Crippen molar-refractivity contribution in [2.24, 2.45) is 5.92 Å². The number of benzene rings is 3. The van der Waals surface area contributed by atoms with Gasteiger partial charge in [-0.25, -0.2) is 9.37 Å². The number of amides is 1. The second kappa shape index (κ2) is 12.3. The topological polar surface area (TPSA) is 52.6 Å². The van der Waals surface area contributed by atoms with E-state index in [2.05, 4.69) is 79.7 Å². The minimum Gasteiger partial charge on any atom is -0.346 e. The highest BCUT2D eigenvalue weighted by atomic mass is 32.1. The van der Waals surface area contributed by atoms with E-state index in [-0.39, 0.29) is 23.7 Å². The van der Waals surface area contributed by atoms with Gasteiger partial charge in [0.25, 0.3) is 0 Å². The van der Waals surface area contributed by atoms with Crippen LogP contribution in [0.1, 0.15) is 41.4 Å². The molecule has 2 saturated heterocycles. The molecule has 3 heterocycles. The van der Waals surface area contributed by atoms with Crippen LogP contribution in [0.5, 0.6) is 0 Å². The second-order valence-electron chi connectivity index (χ2n) is 10.7. The number of piperazine rings is 1. The molecule has 6 rings (SSSR count). The molecule has 1 unspecified atom stereocenters. The Kier molecular flexibility index (Phi) is 8.16. The van der Waals surface area contributed by atoms with Gasteiger partial charge in [0.05, 0.1) is 12.0 Å². The standard InChI is InChI=1S/C32H34FN5OS/c33-28-15-13-24(14-16-28)22-29-34-32(40-35-29)38-17-7-12-27(23-38)31(39)37-20-18-36(19-21-37)30(25-8-3-1-4-9-25)26-10-5-2-6-11-26/h1-6,8-11,13-16,27,30H,7,12,17-23H2. The van der Waals surface area contributed by atoms with E-state index in [1.807, 2.05) is 0 Å². The van der Waals surface area contributed by atoms with Crippen molar-refractivity contribution < 1.29 is 9.18 Å². The highest BCUT2D eigenvalue weighted by Gasteiger charge is 2.34. The van der Waals surface area contributed by atoms with E-state index in [0.29, 0.717) is 13.0 Å². The van der Waals surface area contributed by atoms with Gasteiger partial charge in [-0.05, 0) is 41.7 Å². The zero-order chi connectivity index (χ0) is 27.3. The lowest BCUT2D eigenvalue weighted by atomic mass is 9.95. The molecule has 8 heteroatoms. The van der Waals surface area contributed by atoms with Gasteiger partial charge in [0.15, 0.2) is 0 Å². The molecule has 1 amide bonds. The zero-order valence-corrected chi connectivity index (χ0v) is 23.3. The van der Waals surface area contributed by atoms with Crippen molar-refractivity contribution in [1.82, 2.24) is 19.2 Å². The first-order valence-electron chi connectivity index (χ1n) is 14.1. The van der Waals surface area contributed by atoms with E-state index < -0.39 is 0 Å². The van der Waals surface area contributed by atoms with E-state index in [1.54, 1.807) is 12.1 Å². The largest absolute Gasteiger partial charge is 0.346 e. The molecular weight excluding hydrogens is 521 g/mol. The summed E-state index contributed by atoms with van der Waals surface area (Å²) < 4.78 is 17.8. The van der Waals surface area contributed by atoms with Crippen LogP contribution in [-0.2, 0) is 11.2 Å². The van der Waals surface area contributed by atoms with Crippen molar-refractivity contribution in [2.45, 2.75) is 25.3 Å². The summed E-state index contributed by atoms with van der Waals surface area (Å²) >= 11 is 1.39. The predicted molar refractivity (Wildman–Crippen MR) is 157 cm³/mol. The fraction of sp³-hybridized carbons (Fsp3) is 0.344. The van der Waals surface area contributed by atoms with Gasteiger partial charge in [0.1, 0.15) is 11.6 Å². The van der Waals surface area contributed by atoms with Gasteiger partial charge in [-0.15, -0.1) is 0 Å². The van der Waals surface area contributed by atoms with Crippen molar-refractivity contribution in [3.8, 4) is 0 Å². The molecule has 0 saturated carbocycles. The molecule has 2 aliphatic heterocycles. The van der Waals surface area contributed by atoms with Crippen molar-refractivity contribution in [2.75, 3.05) is 44.2 Å². The van der Waals surface area contributed by atoms with Crippen molar-refractivity contribution in [3.63, 3.8) is 0 Å². The van der Waals surface area contributed by atoms with E-state index in [0.717, 1.165) is 62.1 Å². The van der Waals surface area contributed by atoms with Crippen molar-refractivity contribution in [3.05, 3.63) is 113 Å². The molecule has 3 aromatic carbocycles. The van der Waals surface area contributed by atoms with Gasteiger partial charge in [0.2, 0.25) is 11.0 Å². The first kappa shape index (κ1) is 26.6. The molecule has 2 fully saturated rings. The van der Waals surface area contributed by atoms with Crippen LogP contribution in [0.4, 0.5) is 9.52 Å². The average molecular weight is 556 g/mol. The molecule has 0 aliphatic carbocycles. The molecule has 0 bridgehead atoms. The Morgan fingerprint density at radius 3 is 2.17 bits per heavy atom. The molecule has 0 N–H and O–H groups in total. The molecule has 0 spiro atoms. The van der Waals surface area contributed by atoms with Gasteiger partial charge in [-0.1, -0.05) is 72.8 Å². The van der Waals surface area contributed by atoms with Crippen LogP contribution in [-0.4, -0.2) is 64.3 Å². The number of aromatic nitrogens is 2. The molecular formula is C32H34FN5OS. The smallest absolute Gasteiger partial charge is 0.227 e. The van der Waals surface area contributed by atoms with Crippen molar-refractivity contribution >= 4 is 22.6 Å². The normalized spacial score (nSPS) is 18.3. The number of halogens is 1. The van der Waals surface area contributed by atoms with Gasteiger partial charge in [0, 0.05) is 57.2 Å². The Bertz CT molecular complexity index is 1350. The number of rotatable bonds is 7. The molecule has 6 nitrogen and oxygen atoms in total. The zero-order valence-electron chi connectivity index (χ0n) is 22.5. The molecule has 1 atom stereocenters. The van der Waals surface area contributed by atoms with E-state index in [4.69, 9.17) is 4.98 Å². The van der Waals surface area contributed by atoms with Crippen LogP contribution in [0.25, 0.3) is 0 Å². The highest BCUT2D eigenvalue weighted by molar-refractivity contribution is 7.09. The summed E-state index contributed by atoms with van der Waals surface area (Å²) in [4.78, 5) is 25.2. The Hall–Kier alpha value is -3.62. The fourth-order valence-corrected chi connectivity index (χ4v) is 6.65. The third-order valence-corrected chi connectivity index (χ3v) is 8.81. The lowest BCUT2D eigenvalue weighted by Gasteiger charge is -2.41. The van der Waals surface area contributed by atoms with Crippen LogP contribution < -0.4 is 4.90 Å².